The molecule has 2 aromatic carbocycles. The predicted molar refractivity (Wildman–Crippen MR) is 103 cm³/mol. The molecule has 0 aliphatic carbocycles. The van der Waals surface area contributed by atoms with Gasteiger partial charge in [0.05, 0.1) is 17.7 Å². The zero-order valence-corrected chi connectivity index (χ0v) is 16.3. The molecule has 0 bridgehead atoms. The minimum Gasteiger partial charge on any atom is -0.495 e. The second-order valence-corrected chi connectivity index (χ2v) is 8.02. The van der Waals surface area contributed by atoms with Crippen molar-refractivity contribution in [2.24, 2.45) is 0 Å². The van der Waals surface area contributed by atoms with E-state index in [9.17, 15) is 18.0 Å². The van der Waals surface area contributed by atoms with E-state index in [0.29, 0.717) is 17.1 Å². The van der Waals surface area contributed by atoms with Crippen molar-refractivity contribution in [3.05, 3.63) is 48.0 Å². The third-order valence-corrected chi connectivity index (χ3v) is 5.45. The summed E-state index contributed by atoms with van der Waals surface area (Å²) in [6, 6.07) is 10.5. The molecule has 0 saturated heterocycles. The lowest BCUT2D eigenvalue weighted by Crippen LogP contribution is -2.22. The number of amides is 2. The summed E-state index contributed by atoms with van der Waals surface area (Å²) in [5, 5.41) is 5.30. The molecule has 0 aliphatic heterocycles. The molecule has 0 aromatic heterocycles. The van der Waals surface area contributed by atoms with E-state index in [1.54, 1.807) is 18.2 Å². The van der Waals surface area contributed by atoms with Crippen molar-refractivity contribution >= 4 is 33.2 Å². The highest BCUT2D eigenvalue weighted by Crippen LogP contribution is 2.28. The molecule has 2 amide bonds. The molecule has 144 valence electrons. The molecule has 0 aliphatic rings. The largest absolute Gasteiger partial charge is 0.495 e. The summed E-state index contributed by atoms with van der Waals surface area (Å²) in [5.41, 5.74) is 1.00. The first kappa shape index (κ1) is 20.4. The summed E-state index contributed by atoms with van der Waals surface area (Å²) >= 11 is 0. The SMILES string of the molecule is COc1ccc(NC(C)=O)cc1NC(=O)c1cccc(S(=O)(=O)N(C)C)c1. The standard InChI is InChI=1S/C18H21N3O5S/c1-12(22)19-14-8-9-17(26-4)16(11-14)20-18(23)13-6-5-7-15(10-13)27(24,25)21(2)3/h5-11H,1-4H3,(H,19,22)(H,20,23). The molecule has 27 heavy (non-hydrogen) atoms. The Morgan fingerprint density at radius 2 is 1.74 bits per heavy atom. The summed E-state index contributed by atoms with van der Waals surface area (Å²) in [5.74, 6) is -0.363. The molecule has 0 unspecified atom stereocenters. The van der Waals surface area contributed by atoms with Crippen LogP contribution >= 0.6 is 0 Å². The Morgan fingerprint density at radius 3 is 2.33 bits per heavy atom. The number of methoxy groups -OCH3 is 1. The quantitative estimate of drug-likeness (QED) is 0.785. The van der Waals surface area contributed by atoms with Crippen LogP contribution in [0.3, 0.4) is 0 Å². The Bertz CT molecular complexity index is 971. The third kappa shape index (κ3) is 4.83. The fourth-order valence-electron chi connectivity index (χ4n) is 2.29. The van der Waals surface area contributed by atoms with Gasteiger partial charge in [0.15, 0.2) is 0 Å². The molecule has 0 fully saturated rings. The fourth-order valence-corrected chi connectivity index (χ4v) is 3.24. The van der Waals surface area contributed by atoms with Crippen LogP contribution in [0.1, 0.15) is 17.3 Å². The number of nitrogens with one attached hydrogen (secondary N) is 2. The van der Waals surface area contributed by atoms with Crippen LogP contribution in [-0.2, 0) is 14.8 Å². The molecule has 2 aromatic rings. The highest BCUT2D eigenvalue weighted by Gasteiger charge is 2.19. The molecular formula is C18H21N3O5S. The van der Waals surface area contributed by atoms with Gasteiger partial charge in [-0.1, -0.05) is 6.07 Å². The molecule has 9 heteroatoms. The molecule has 2 N–H and O–H groups in total. The number of benzene rings is 2. The minimum atomic E-state index is -3.66. The van der Waals surface area contributed by atoms with Crippen LogP contribution in [0.4, 0.5) is 11.4 Å². The minimum absolute atomic E-state index is 0.0131. The third-order valence-electron chi connectivity index (χ3n) is 3.64. The first-order valence-corrected chi connectivity index (χ1v) is 9.38. The normalized spacial score (nSPS) is 11.1. The average Bonchev–Trinajstić information content (AvgIpc) is 2.61. The smallest absolute Gasteiger partial charge is 0.255 e. The van der Waals surface area contributed by atoms with Gasteiger partial charge in [0.1, 0.15) is 5.75 Å². The average molecular weight is 391 g/mol. The van der Waals surface area contributed by atoms with Gasteiger partial charge in [-0.05, 0) is 36.4 Å². The van der Waals surface area contributed by atoms with Gasteiger partial charge in [-0.15, -0.1) is 0 Å². The predicted octanol–water partition coefficient (Wildman–Crippen LogP) is 2.16. The second kappa shape index (κ2) is 8.19. The van der Waals surface area contributed by atoms with Gasteiger partial charge in [-0.3, -0.25) is 9.59 Å². The highest BCUT2D eigenvalue weighted by molar-refractivity contribution is 7.89. The van der Waals surface area contributed by atoms with E-state index < -0.39 is 15.9 Å². The number of ether oxygens (including phenoxy) is 1. The highest BCUT2D eigenvalue weighted by atomic mass is 32.2. The van der Waals surface area contributed by atoms with Crippen LogP contribution in [0.5, 0.6) is 5.75 Å². The lowest BCUT2D eigenvalue weighted by molar-refractivity contribution is -0.114. The van der Waals surface area contributed by atoms with Crippen molar-refractivity contribution in [2.45, 2.75) is 11.8 Å². The number of sulfonamides is 1. The maximum absolute atomic E-state index is 12.6. The van der Waals surface area contributed by atoms with Crippen molar-refractivity contribution in [3.63, 3.8) is 0 Å². The topological polar surface area (TPSA) is 105 Å². The summed E-state index contributed by atoms with van der Waals surface area (Å²) in [7, 11) is 0.628. The van der Waals surface area contributed by atoms with Crippen LogP contribution in [0.15, 0.2) is 47.4 Å². The van der Waals surface area contributed by atoms with Gasteiger partial charge in [-0.2, -0.15) is 0 Å². The fraction of sp³-hybridized carbons (Fsp3) is 0.222. The summed E-state index contributed by atoms with van der Waals surface area (Å²) in [4.78, 5) is 23.8. The molecule has 0 heterocycles. The Labute approximate surface area is 158 Å². The zero-order valence-electron chi connectivity index (χ0n) is 15.4. The molecule has 0 radical (unpaired) electrons. The van der Waals surface area contributed by atoms with Crippen molar-refractivity contribution in [1.29, 1.82) is 0 Å². The molecular weight excluding hydrogens is 370 g/mol. The number of nitrogens with zero attached hydrogens (tertiary/aromatic N) is 1. The van der Waals surface area contributed by atoms with Gasteiger partial charge >= 0.3 is 0 Å². The molecule has 2 rings (SSSR count). The van der Waals surface area contributed by atoms with E-state index in [0.717, 1.165) is 4.31 Å². The van der Waals surface area contributed by atoms with Crippen LogP contribution in [0.25, 0.3) is 0 Å². The first-order chi connectivity index (χ1) is 12.6. The first-order valence-electron chi connectivity index (χ1n) is 7.94. The zero-order chi connectivity index (χ0) is 20.2. The van der Waals surface area contributed by atoms with Crippen LogP contribution in [0.2, 0.25) is 0 Å². The van der Waals surface area contributed by atoms with Crippen molar-refractivity contribution in [2.75, 3.05) is 31.8 Å². The number of carbonyl (C=O) groups is 2. The Morgan fingerprint density at radius 1 is 1.04 bits per heavy atom. The Kier molecular flexibility index (Phi) is 6.19. The van der Waals surface area contributed by atoms with E-state index >= 15 is 0 Å². The van der Waals surface area contributed by atoms with Crippen LogP contribution in [0, 0.1) is 0 Å². The Hall–Kier alpha value is -2.91. The maximum Gasteiger partial charge on any atom is 0.255 e. The van der Waals surface area contributed by atoms with E-state index in [1.165, 1.54) is 52.4 Å². The van der Waals surface area contributed by atoms with Crippen molar-refractivity contribution in [1.82, 2.24) is 4.31 Å². The van der Waals surface area contributed by atoms with Gasteiger partial charge in [0.2, 0.25) is 15.9 Å². The summed E-state index contributed by atoms with van der Waals surface area (Å²) in [6.45, 7) is 1.37. The summed E-state index contributed by atoms with van der Waals surface area (Å²) in [6.07, 6.45) is 0. The number of anilines is 2. The molecule has 0 saturated carbocycles. The van der Waals surface area contributed by atoms with Crippen molar-refractivity contribution < 1.29 is 22.7 Å². The van der Waals surface area contributed by atoms with Crippen LogP contribution in [-0.4, -0.2) is 45.7 Å². The lowest BCUT2D eigenvalue weighted by Gasteiger charge is -2.14. The number of rotatable bonds is 6. The van der Waals surface area contributed by atoms with Gasteiger partial charge in [-0.25, -0.2) is 12.7 Å². The Balaban J connectivity index is 2.34. The van der Waals surface area contributed by atoms with E-state index in [4.69, 9.17) is 4.74 Å². The number of carbonyl (C=O) groups excluding carboxylic acids is 2. The summed E-state index contributed by atoms with van der Waals surface area (Å²) < 4.78 is 30.8. The van der Waals surface area contributed by atoms with Gasteiger partial charge < -0.3 is 15.4 Å². The number of hydrogen-bond acceptors (Lipinski definition) is 5. The van der Waals surface area contributed by atoms with Gasteiger partial charge in [0.25, 0.3) is 5.91 Å². The maximum atomic E-state index is 12.6. The number of hydrogen-bond donors (Lipinski definition) is 2. The van der Waals surface area contributed by atoms with Crippen LogP contribution < -0.4 is 15.4 Å². The lowest BCUT2D eigenvalue weighted by atomic mass is 10.2. The van der Waals surface area contributed by atoms with E-state index in [1.807, 2.05) is 0 Å². The second-order valence-electron chi connectivity index (χ2n) is 5.87. The molecule has 8 nitrogen and oxygen atoms in total. The molecule has 0 spiro atoms. The van der Waals surface area contributed by atoms with Gasteiger partial charge in [0, 0.05) is 32.3 Å². The van der Waals surface area contributed by atoms with Crippen molar-refractivity contribution in [3.8, 4) is 5.75 Å². The monoisotopic (exact) mass is 391 g/mol. The molecule has 0 atom stereocenters. The van der Waals surface area contributed by atoms with E-state index in [-0.39, 0.29) is 16.4 Å². The van der Waals surface area contributed by atoms with E-state index in [2.05, 4.69) is 10.6 Å².